The molecule has 0 radical (unpaired) electrons. The van der Waals surface area contributed by atoms with E-state index in [4.69, 9.17) is 27.4 Å². The lowest BCUT2D eigenvalue weighted by Crippen LogP contribution is -2.41. The van der Waals surface area contributed by atoms with Gasteiger partial charge in [0.1, 0.15) is 11.5 Å². The van der Waals surface area contributed by atoms with Crippen LogP contribution < -0.4 is 20.5 Å². The van der Waals surface area contributed by atoms with E-state index in [9.17, 15) is 4.79 Å². The molecule has 18 heavy (non-hydrogen) atoms. The standard InChI is InChI=1S/C12H16N2O3S/c1-7(11(13)18)14-12(15)8-4-9(16-2)6-10(5-8)17-3/h4-7H,1-3H3,(H2,13,18)(H,14,15). The predicted molar refractivity (Wildman–Crippen MR) is 73.3 cm³/mol. The second-order valence-corrected chi connectivity index (χ2v) is 4.17. The summed E-state index contributed by atoms with van der Waals surface area (Å²) < 4.78 is 10.2. The first kappa shape index (κ1) is 14.2. The third kappa shape index (κ3) is 3.59. The van der Waals surface area contributed by atoms with Crippen LogP contribution in [0.25, 0.3) is 0 Å². The van der Waals surface area contributed by atoms with Gasteiger partial charge in [0.15, 0.2) is 0 Å². The molecule has 0 saturated carbocycles. The summed E-state index contributed by atoms with van der Waals surface area (Å²) in [7, 11) is 3.04. The Morgan fingerprint density at radius 1 is 1.28 bits per heavy atom. The molecule has 3 N–H and O–H groups in total. The average molecular weight is 268 g/mol. The third-order valence-corrected chi connectivity index (χ3v) is 2.74. The van der Waals surface area contributed by atoms with Crippen molar-refractivity contribution in [3.05, 3.63) is 23.8 Å². The van der Waals surface area contributed by atoms with Crippen LogP contribution in [-0.4, -0.2) is 31.2 Å². The van der Waals surface area contributed by atoms with E-state index >= 15 is 0 Å². The number of ether oxygens (including phenoxy) is 2. The Hall–Kier alpha value is -1.82. The van der Waals surface area contributed by atoms with Gasteiger partial charge >= 0.3 is 0 Å². The van der Waals surface area contributed by atoms with Crippen molar-refractivity contribution in [1.82, 2.24) is 5.32 Å². The van der Waals surface area contributed by atoms with Crippen LogP contribution in [-0.2, 0) is 0 Å². The number of methoxy groups -OCH3 is 2. The summed E-state index contributed by atoms with van der Waals surface area (Å²) in [5.74, 6) is 0.803. The van der Waals surface area contributed by atoms with Crippen molar-refractivity contribution < 1.29 is 14.3 Å². The minimum absolute atomic E-state index is 0.234. The van der Waals surface area contributed by atoms with Crippen molar-refractivity contribution in [3.8, 4) is 11.5 Å². The van der Waals surface area contributed by atoms with Crippen molar-refractivity contribution in [2.45, 2.75) is 13.0 Å². The first-order valence-electron chi connectivity index (χ1n) is 5.31. The number of hydrogen-bond donors (Lipinski definition) is 2. The number of carbonyl (C=O) groups excluding carboxylic acids is 1. The Kier molecular flexibility index (Phi) is 4.91. The molecule has 0 fully saturated rings. The summed E-state index contributed by atoms with van der Waals surface area (Å²) >= 11 is 4.80. The molecule has 1 unspecified atom stereocenters. The van der Waals surface area contributed by atoms with Crippen LogP contribution in [0, 0.1) is 0 Å². The normalized spacial score (nSPS) is 11.5. The molecule has 0 spiro atoms. The van der Waals surface area contributed by atoms with E-state index < -0.39 is 0 Å². The van der Waals surface area contributed by atoms with Gasteiger partial charge in [0.25, 0.3) is 5.91 Å². The molecule has 0 heterocycles. The molecule has 0 aromatic heterocycles. The number of rotatable bonds is 5. The van der Waals surface area contributed by atoms with Crippen LogP contribution in [0.3, 0.4) is 0 Å². The van der Waals surface area contributed by atoms with Crippen LogP contribution in [0.15, 0.2) is 18.2 Å². The van der Waals surface area contributed by atoms with E-state index in [1.807, 2.05) is 0 Å². The summed E-state index contributed by atoms with van der Waals surface area (Å²) in [4.78, 5) is 12.2. The summed E-state index contributed by atoms with van der Waals surface area (Å²) in [5.41, 5.74) is 5.87. The van der Waals surface area contributed by atoms with E-state index in [0.717, 1.165) is 0 Å². The van der Waals surface area contributed by atoms with Crippen molar-refractivity contribution >= 4 is 23.1 Å². The first-order chi connectivity index (χ1) is 8.47. The molecule has 1 aromatic rings. The topological polar surface area (TPSA) is 73.6 Å². The van der Waals surface area contributed by atoms with E-state index in [2.05, 4.69) is 5.32 Å². The van der Waals surface area contributed by atoms with Crippen LogP contribution in [0.2, 0.25) is 0 Å². The number of carbonyl (C=O) groups is 1. The molecule has 6 heteroatoms. The maximum atomic E-state index is 12.0. The van der Waals surface area contributed by atoms with Gasteiger partial charge in [-0.25, -0.2) is 0 Å². The summed E-state index contributed by atoms with van der Waals surface area (Å²) in [5, 5.41) is 2.68. The van der Waals surface area contributed by atoms with Crippen LogP contribution >= 0.6 is 12.2 Å². The smallest absolute Gasteiger partial charge is 0.252 e. The minimum atomic E-state index is -0.371. The second-order valence-electron chi connectivity index (χ2n) is 3.70. The molecule has 0 aliphatic carbocycles. The highest BCUT2D eigenvalue weighted by Crippen LogP contribution is 2.22. The molecule has 0 aliphatic rings. The van der Waals surface area contributed by atoms with Gasteiger partial charge in [-0.05, 0) is 19.1 Å². The largest absolute Gasteiger partial charge is 0.497 e. The van der Waals surface area contributed by atoms with Crippen LogP contribution in [0.4, 0.5) is 0 Å². The molecule has 1 atom stereocenters. The van der Waals surface area contributed by atoms with E-state index in [1.54, 1.807) is 25.1 Å². The third-order valence-electron chi connectivity index (χ3n) is 2.39. The van der Waals surface area contributed by atoms with Crippen molar-refractivity contribution in [3.63, 3.8) is 0 Å². The number of nitrogens with two attached hydrogens (primary N) is 1. The number of benzene rings is 1. The van der Waals surface area contributed by atoms with Crippen molar-refractivity contribution in [1.29, 1.82) is 0 Å². The highest BCUT2D eigenvalue weighted by Gasteiger charge is 2.13. The molecule has 1 amide bonds. The van der Waals surface area contributed by atoms with Gasteiger partial charge in [-0.1, -0.05) is 12.2 Å². The monoisotopic (exact) mass is 268 g/mol. The van der Waals surface area contributed by atoms with Gasteiger partial charge in [0.2, 0.25) is 0 Å². The highest BCUT2D eigenvalue weighted by molar-refractivity contribution is 7.80. The molecule has 5 nitrogen and oxygen atoms in total. The number of amides is 1. The summed E-state index contributed by atoms with van der Waals surface area (Å²) in [6.45, 7) is 1.72. The fourth-order valence-corrected chi connectivity index (χ4v) is 1.35. The lowest BCUT2D eigenvalue weighted by molar-refractivity contribution is 0.0948. The van der Waals surface area contributed by atoms with Crippen molar-refractivity contribution in [2.24, 2.45) is 5.73 Å². The maximum Gasteiger partial charge on any atom is 0.252 e. The molecule has 0 aliphatic heterocycles. The fraction of sp³-hybridized carbons (Fsp3) is 0.333. The molecule has 1 rings (SSSR count). The Morgan fingerprint density at radius 2 is 1.78 bits per heavy atom. The molecule has 0 bridgehead atoms. The van der Waals surface area contributed by atoms with Gasteiger partial charge in [-0.3, -0.25) is 4.79 Å². The summed E-state index contributed by atoms with van der Waals surface area (Å²) in [6, 6.07) is 4.55. The predicted octanol–water partition coefficient (Wildman–Crippen LogP) is 1.11. The molecule has 98 valence electrons. The Labute approximate surface area is 111 Å². The number of thiocarbonyl (C=S) groups is 1. The van der Waals surface area contributed by atoms with Gasteiger partial charge in [-0.2, -0.15) is 0 Å². The zero-order valence-corrected chi connectivity index (χ0v) is 11.3. The highest BCUT2D eigenvalue weighted by atomic mass is 32.1. The maximum absolute atomic E-state index is 12.0. The zero-order valence-electron chi connectivity index (χ0n) is 10.5. The van der Waals surface area contributed by atoms with E-state index in [-0.39, 0.29) is 16.9 Å². The van der Waals surface area contributed by atoms with Crippen molar-refractivity contribution in [2.75, 3.05) is 14.2 Å². The SMILES string of the molecule is COc1cc(OC)cc(C(=O)NC(C)C(N)=S)c1. The van der Waals surface area contributed by atoms with E-state index in [0.29, 0.717) is 17.1 Å². The number of hydrogen-bond acceptors (Lipinski definition) is 4. The molecular formula is C12H16N2O3S. The Balaban J connectivity index is 2.94. The zero-order chi connectivity index (χ0) is 13.7. The Morgan fingerprint density at radius 3 is 2.17 bits per heavy atom. The molecule has 1 aromatic carbocycles. The van der Waals surface area contributed by atoms with Crippen LogP contribution in [0.1, 0.15) is 17.3 Å². The Bertz CT molecular complexity index is 440. The van der Waals surface area contributed by atoms with Gasteiger partial charge in [0, 0.05) is 11.6 Å². The van der Waals surface area contributed by atoms with E-state index in [1.165, 1.54) is 14.2 Å². The number of nitrogens with one attached hydrogen (secondary N) is 1. The second kappa shape index (κ2) is 6.20. The minimum Gasteiger partial charge on any atom is -0.497 e. The van der Waals surface area contributed by atoms with Gasteiger partial charge in [-0.15, -0.1) is 0 Å². The quantitative estimate of drug-likeness (QED) is 0.783. The lowest BCUT2D eigenvalue weighted by atomic mass is 10.1. The lowest BCUT2D eigenvalue weighted by Gasteiger charge is -2.13. The molecular weight excluding hydrogens is 252 g/mol. The van der Waals surface area contributed by atoms with Gasteiger partial charge < -0.3 is 20.5 Å². The average Bonchev–Trinajstić information content (AvgIpc) is 2.37. The molecule has 0 saturated heterocycles. The van der Waals surface area contributed by atoms with Crippen LogP contribution in [0.5, 0.6) is 11.5 Å². The van der Waals surface area contributed by atoms with Gasteiger partial charge in [0.05, 0.1) is 25.2 Å². The summed E-state index contributed by atoms with van der Waals surface area (Å²) in [6.07, 6.45) is 0. The fourth-order valence-electron chi connectivity index (χ4n) is 1.29. The first-order valence-corrected chi connectivity index (χ1v) is 5.72.